The molecule has 3 heterocycles. The minimum absolute atomic E-state index is 0.0536. The minimum Gasteiger partial charge on any atom is -0.497 e. The van der Waals surface area contributed by atoms with Gasteiger partial charge in [0.25, 0.3) is 5.91 Å². The molecule has 1 aliphatic heterocycles. The largest absolute Gasteiger partial charge is 0.497 e. The minimum atomic E-state index is -0.0536. The summed E-state index contributed by atoms with van der Waals surface area (Å²) in [5, 5.41) is 7.37. The summed E-state index contributed by atoms with van der Waals surface area (Å²) in [6, 6.07) is 13.9. The van der Waals surface area contributed by atoms with Crippen LogP contribution >= 0.6 is 11.3 Å². The van der Waals surface area contributed by atoms with Crippen molar-refractivity contribution in [2.75, 3.05) is 46.5 Å². The maximum atomic E-state index is 13.6. The van der Waals surface area contributed by atoms with Gasteiger partial charge in [0.1, 0.15) is 5.75 Å². The standard InChI is InChI=1S/C25H27N5O3S/c1-32-21-4-2-3-18(13-21)17-30(8-7-29-9-11-33-12-10-29)25(31)24-28-22-6-5-19(14-23(22)34-24)20-15-26-27-16-20/h2-6,13-16H,7-12,17H2,1H3,(H,26,27). The average molecular weight is 478 g/mol. The molecule has 1 saturated heterocycles. The molecule has 0 bridgehead atoms. The third kappa shape index (κ3) is 5.11. The topological polar surface area (TPSA) is 83.6 Å². The SMILES string of the molecule is COc1cccc(CN(CCN2CCOCC2)C(=O)c2nc3ccc(-c4cn[nH]c4)cc3s2)c1. The highest BCUT2D eigenvalue weighted by Gasteiger charge is 2.22. The Balaban J connectivity index is 1.39. The zero-order valence-electron chi connectivity index (χ0n) is 19.1. The van der Waals surface area contributed by atoms with E-state index in [-0.39, 0.29) is 5.91 Å². The molecule has 0 aliphatic carbocycles. The fourth-order valence-electron chi connectivity index (χ4n) is 4.07. The van der Waals surface area contributed by atoms with E-state index >= 15 is 0 Å². The van der Waals surface area contributed by atoms with Crippen molar-refractivity contribution >= 4 is 27.5 Å². The van der Waals surface area contributed by atoms with E-state index in [1.165, 1.54) is 11.3 Å². The predicted octanol–water partition coefficient (Wildman–Crippen LogP) is 3.67. The van der Waals surface area contributed by atoms with E-state index in [4.69, 9.17) is 9.47 Å². The molecule has 9 heteroatoms. The number of morpholine rings is 1. The number of nitrogens with zero attached hydrogens (tertiary/aromatic N) is 4. The number of nitrogens with one attached hydrogen (secondary N) is 1. The summed E-state index contributed by atoms with van der Waals surface area (Å²) in [5.41, 5.74) is 3.91. The van der Waals surface area contributed by atoms with Gasteiger partial charge in [-0.2, -0.15) is 5.10 Å². The zero-order chi connectivity index (χ0) is 23.3. The summed E-state index contributed by atoms with van der Waals surface area (Å²) in [4.78, 5) is 22.5. The van der Waals surface area contributed by atoms with Crippen molar-refractivity contribution in [1.82, 2.24) is 25.0 Å². The lowest BCUT2D eigenvalue weighted by Gasteiger charge is -2.30. The van der Waals surface area contributed by atoms with Crippen LogP contribution in [0.5, 0.6) is 5.75 Å². The Hall–Kier alpha value is -3.27. The van der Waals surface area contributed by atoms with Crippen LogP contribution in [0.3, 0.4) is 0 Å². The van der Waals surface area contributed by atoms with E-state index in [9.17, 15) is 4.79 Å². The van der Waals surface area contributed by atoms with Crippen LogP contribution in [0.25, 0.3) is 21.3 Å². The summed E-state index contributed by atoms with van der Waals surface area (Å²) < 4.78 is 11.8. The summed E-state index contributed by atoms with van der Waals surface area (Å²) in [5.74, 6) is 0.729. The van der Waals surface area contributed by atoms with Crippen LogP contribution in [0.1, 0.15) is 15.4 Å². The van der Waals surface area contributed by atoms with Crippen molar-refractivity contribution < 1.29 is 14.3 Å². The number of benzene rings is 2. The fraction of sp³-hybridized carbons (Fsp3) is 0.320. The maximum Gasteiger partial charge on any atom is 0.283 e. The maximum absolute atomic E-state index is 13.6. The molecule has 1 N–H and O–H groups in total. The Morgan fingerprint density at radius 3 is 2.88 bits per heavy atom. The Morgan fingerprint density at radius 2 is 2.09 bits per heavy atom. The highest BCUT2D eigenvalue weighted by molar-refractivity contribution is 7.20. The van der Waals surface area contributed by atoms with Crippen LogP contribution in [-0.4, -0.2) is 77.4 Å². The Bertz CT molecular complexity index is 1250. The van der Waals surface area contributed by atoms with Crippen molar-refractivity contribution in [2.45, 2.75) is 6.54 Å². The lowest BCUT2D eigenvalue weighted by atomic mass is 10.1. The van der Waals surface area contributed by atoms with E-state index in [1.807, 2.05) is 47.5 Å². The number of carbonyl (C=O) groups excluding carboxylic acids is 1. The van der Waals surface area contributed by atoms with Gasteiger partial charge in [0.2, 0.25) is 0 Å². The van der Waals surface area contributed by atoms with Crippen molar-refractivity contribution in [1.29, 1.82) is 0 Å². The molecule has 1 aliphatic rings. The van der Waals surface area contributed by atoms with Gasteiger partial charge >= 0.3 is 0 Å². The molecule has 2 aromatic carbocycles. The van der Waals surface area contributed by atoms with E-state index in [0.29, 0.717) is 18.1 Å². The van der Waals surface area contributed by atoms with E-state index in [0.717, 1.165) is 65.5 Å². The van der Waals surface area contributed by atoms with Gasteiger partial charge < -0.3 is 14.4 Å². The van der Waals surface area contributed by atoms with Gasteiger partial charge in [-0.05, 0) is 35.4 Å². The average Bonchev–Trinajstić information content (AvgIpc) is 3.57. The third-order valence-corrected chi connectivity index (χ3v) is 6.99. The lowest BCUT2D eigenvalue weighted by molar-refractivity contribution is 0.0320. The number of aromatic amines is 1. The Labute approximate surface area is 202 Å². The third-order valence-electron chi connectivity index (χ3n) is 5.99. The number of ether oxygens (including phenoxy) is 2. The van der Waals surface area contributed by atoms with Crippen molar-refractivity contribution in [3.05, 3.63) is 65.4 Å². The van der Waals surface area contributed by atoms with E-state index in [2.05, 4.69) is 26.1 Å². The Kier molecular flexibility index (Phi) is 6.84. The molecule has 34 heavy (non-hydrogen) atoms. The van der Waals surface area contributed by atoms with E-state index < -0.39 is 0 Å². The second-order valence-corrected chi connectivity index (χ2v) is 9.25. The predicted molar refractivity (Wildman–Crippen MR) is 132 cm³/mol. The van der Waals surface area contributed by atoms with Crippen molar-refractivity contribution in [2.24, 2.45) is 0 Å². The molecule has 0 atom stereocenters. The second-order valence-electron chi connectivity index (χ2n) is 8.22. The lowest BCUT2D eigenvalue weighted by Crippen LogP contribution is -2.42. The quantitative estimate of drug-likeness (QED) is 0.417. The summed E-state index contributed by atoms with van der Waals surface area (Å²) in [6.45, 7) is 5.16. The molecule has 1 fully saturated rings. The molecule has 176 valence electrons. The first-order chi connectivity index (χ1) is 16.7. The van der Waals surface area contributed by atoms with Gasteiger partial charge in [-0.3, -0.25) is 14.8 Å². The molecule has 8 nitrogen and oxygen atoms in total. The first-order valence-electron chi connectivity index (χ1n) is 11.3. The number of hydrogen-bond donors (Lipinski definition) is 1. The first-order valence-corrected chi connectivity index (χ1v) is 12.1. The normalized spacial score (nSPS) is 14.4. The molecule has 0 unspecified atom stereocenters. The number of fused-ring (bicyclic) bond motifs is 1. The van der Waals surface area contributed by atoms with Gasteiger partial charge in [-0.15, -0.1) is 11.3 Å². The van der Waals surface area contributed by atoms with Crippen LogP contribution in [0.15, 0.2) is 54.9 Å². The number of aromatic nitrogens is 3. The number of carbonyl (C=O) groups is 1. The number of H-pyrrole nitrogens is 1. The highest BCUT2D eigenvalue weighted by Crippen LogP contribution is 2.29. The van der Waals surface area contributed by atoms with Crippen molar-refractivity contribution in [3.63, 3.8) is 0 Å². The molecule has 0 saturated carbocycles. The van der Waals surface area contributed by atoms with Crippen LogP contribution in [0.2, 0.25) is 0 Å². The Morgan fingerprint density at radius 1 is 1.21 bits per heavy atom. The van der Waals surface area contributed by atoms with Gasteiger partial charge in [-0.25, -0.2) is 4.98 Å². The fourth-order valence-corrected chi connectivity index (χ4v) is 5.04. The van der Waals surface area contributed by atoms with Crippen LogP contribution in [-0.2, 0) is 11.3 Å². The first kappa shape index (κ1) is 22.5. The summed E-state index contributed by atoms with van der Waals surface area (Å²) in [6.07, 6.45) is 3.64. The van der Waals surface area contributed by atoms with Crippen molar-refractivity contribution in [3.8, 4) is 16.9 Å². The van der Waals surface area contributed by atoms with E-state index in [1.54, 1.807) is 13.3 Å². The molecular weight excluding hydrogens is 450 g/mol. The number of hydrogen-bond acceptors (Lipinski definition) is 7. The van der Waals surface area contributed by atoms with Gasteiger partial charge in [0.15, 0.2) is 5.01 Å². The second kappa shape index (κ2) is 10.3. The molecule has 1 amide bonds. The van der Waals surface area contributed by atoms with Gasteiger partial charge in [0, 0.05) is 44.5 Å². The van der Waals surface area contributed by atoms with Crippen LogP contribution < -0.4 is 4.74 Å². The van der Waals surface area contributed by atoms with Crippen LogP contribution in [0.4, 0.5) is 0 Å². The number of methoxy groups -OCH3 is 1. The molecular formula is C25H27N5O3S. The highest BCUT2D eigenvalue weighted by atomic mass is 32.1. The molecule has 0 spiro atoms. The smallest absolute Gasteiger partial charge is 0.283 e. The zero-order valence-corrected chi connectivity index (χ0v) is 19.9. The summed E-state index contributed by atoms with van der Waals surface area (Å²) >= 11 is 1.43. The number of rotatable bonds is 8. The number of amides is 1. The van der Waals surface area contributed by atoms with Gasteiger partial charge in [-0.1, -0.05) is 18.2 Å². The molecule has 2 aromatic heterocycles. The summed E-state index contributed by atoms with van der Waals surface area (Å²) in [7, 11) is 1.65. The molecule has 4 aromatic rings. The van der Waals surface area contributed by atoms with Gasteiger partial charge in [0.05, 0.1) is 36.7 Å². The number of thiazole rings is 1. The molecule has 0 radical (unpaired) electrons. The molecule has 5 rings (SSSR count). The monoisotopic (exact) mass is 477 g/mol. The van der Waals surface area contributed by atoms with Crippen LogP contribution in [0, 0.1) is 0 Å².